The first kappa shape index (κ1) is 23.8. The minimum absolute atomic E-state index is 0.0125. The third kappa shape index (κ3) is 4.74. The lowest BCUT2D eigenvalue weighted by molar-refractivity contribution is -0.121. The van der Waals surface area contributed by atoms with Crippen LogP contribution >= 0.6 is 11.6 Å². The van der Waals surface area contributed by atoms with E-state index in [1.807, 2.05) is 24.3 Å². The van der Waals surface area contributed by atoms with Gasteiger partial charge in [0.2, 0.25) is 12.7 Å². The maximum Gasteiger partial charge on any atom is 0.231 e. The third-order valence-electron chi connectivity index (χ3n) is 7.18. The Bertz CT molecular complexity index is 1360. The van der Waals surface area contributed by atoms with Crippen LogP contribution in [-0.2, 0) is 17.8 Å². The molecule has 0 aliphatic carbocycles. The van der Waals surface area contributed by atoms with Crippen molar-refractivity contribution in [3.8, 4) is 34.5 Å². The van der Waals surface area contributed by atoms with Crippen LogP contribution in [0.15, 0.2) is 48.5 Å². The molecule has 1 saturated heterocycles. The average molecular weight is 523 g/mol. The van der Waals surface area contributed by atoms with Crippen molar-refractivity contribution in [3.05, 3.63) is 70.2 Å². The minimum atomic E-state index is -0.0983. The van der Waals surface area contributed by atoms with E-state index in [0.29, 0.717) is 66.2 Å². The van der Waals surface area contributed by atoms with Crippen molar-refractivity contribution in [1.29, 1.82) is 0 Å². The largest absolute Gasteiger partial charge is 0.504 e. The highest BCUT2D eigenvalue weighted by atomic mass is 35.5. The molecule has 0 spiro atoms. The van der Waals surface area contributed by atoms with Gasteiger partial charge in [-0.25, -0.2) is 0 Å². The monoisotopic (exact) mass is 522 g/mol. The fourth-order valence-corrected chi connectivity index (χ4v) is 5.49. The Labute approximate surface area is 219 Å². The van der Waals surface area contributed by atoms with Gasteiger partial charge in [-0.05, 0) is 53.4 Å². The third-order valence-corrected chi connectivity index (χ3v) is 7.53. The molecule has 3 aliphatic rings. The number of aromatic hydroxyl groups is 1. The Balaban J connectivity index is 1.33. The summed E-state index contributed by atoms with van der Waals surface area (Å²) in [6.45, 7) is 2.17. The molecule has 3 aliphatic heterocycles. The number of likely N-dealkylation sites (tertiary alicyclic amines) is 1. The van der Waals surface area contributed by atoms with Gasteiger partial charge in [-0.1, -0.05) is 23.7 Å². The van der Waals surface area contributed by atoms with Crippen molar-refractivity contribution >= 4 is 17.5 Å². The zero-order chi connectivity index (χ0) is 25.5. The van der Waals surface area contributed by atoms with E-state index in [9.17, 15) is 9.90 Å². The zero-order valence-corrected chi connectivity index (χ0v) is 21.1. The zero-order valence-electron chi connectivity index (χ0n) is 20.3. The van der Waals surface area contributed by atoms with Crippen molar-refractivity contribution in [3.63, 3.8) is 0 Å². The summed E-state index contributed by atoms with van der Waals surface area (Å²) < 4.78 is 22.7. The van der Waals surface area contributed by atoms with E-state index in [-0.39, 0.29) is 30.4 Å². The Hall–Kier alpha value is -3.62. The van der Waals surface area contributed by atoms with Crippen LogP contribution in [0.3, 0.4) is 0 Å². The number of nitrogens with one attached hydrogen (secondary N) is 1. The lowest BCUT2D eigenvalue weighted by atomic mass is 9.93. The second-order valence-electron chi connectivity index (χ2n) is 9.59. The molecule has 4 bridgehead atoms. The molecule has 0 aromatic heterocycles. The number of aryl methyl sites for hydroxylation is 1. The summed E-state index contributed by atoms with van der Waals surface area (Å²) in [7, 11) is 1.59. The standard InChI is InChI=1S/C28H27ClN2O6/c1-34-23-6-4-17-9-27(23)37-24-8-16(2-5-22(24)32)3-7-28(33)30-21-14-31(13-19(17)21)12-18-10-25-26(11-20(18)29)36-15-35-25/h2,4-6,8-11,19,21,32H,3,7,12-15H2,1H3,(H,30,33)/t19-,21+/m0/s1. The summed E-state index contributed by atoms with van der Waals surface area (Å²) in [6.07, 6.45) is 0.868. The Morgan fingerprint density at radius 2 is 1.86 bits per heavy atom. The smallest absolute Gasteiger partial charge is 0.231 e. The molecule has 3 aromatic rings. The minimum Gasteiger partial charge on any atom is -0.504 e. The van der Waals surface area contributed by atoms with Crippen LogP contribution in [0.4, 0.5) is 0 Å². The molecule has 1 fully saturated rings. The lowest BCUT2D eigenvalue weighted by Gasteiger charge is -2.21. The molecule has 3 aromatic carbocycles. The highest BCUT2D eigenvalue weighted by Gasteiger charge is 2.36. The number of fused-ring (bicyclic) bond motifs is 7. The number of halogens is 1. The first-order chi connectivity index (χ1) is 18.0. The van der Waals surface area contributed by atoms with Gasteiger partial charge in [-0.2, -0.15) is 0 Å². The summed E-state index contributed by atoms with van der Waals surface area (Å²) in [4.78, 5) is 15.3. The Morgan fingerprint density at radius 1 is 1.03 bits per heavy atom. The van der Waals surface area contributed by atoms with Crippen LogP contribution in [0.5, 0.6) is 34.5 Å². The number of methoxy groups -OCH3 is 1. The molecule has 37 heavy (non-hydrogen) atoms. The molecule has 2 atom stereocenters. The molecule has 0 radical (unpaired) electrons. The van der Waals surface area contributed by atoms with Gasteiger partial charge in [-0.3, -0.25) is 9.69 Å². The summed E-state index contributed by atoms with van der Waals surface area (Å²) in [5.41, 5.74) is 2.86. The second-order valence-corrected chi connectivity index (χ2v) is 9.99. The lowest BCUT2D eigenvalue weighted by Crippen LogP contribution is -2.39. The second kappa shape index (κ2) is 9.68. The van der Waals surface area contributed by atoms with E-state index < -0.39 is 0 Å². The normalized spacial score (nSPS) is 20.6. The van der Waals surface area contributed by atoms with Crippen LogP contribution in [0, 0.1) is 0 Å². The number of carbonyl (C=O) groups excluding carboxylic acids is 1. The van der Waals surface area contributed by atoms with Crippen molar-refractivity contribution in [1.82, 2.24) is 10.2 Å². The van der Waals surface area contributed by atoms with Crippen LogP contribution in [0.1, 0.15) is 29.0 Å². The average Bonchev–Trinajstić information content (AvgIpc) is 3.50. The van der Waals surface area contributed by atoms with E-state index in [2.05, 4.69) is 10.2 Å². The van der Waals surface area contributed by atoms with Gasteiger partial charge >= 0.3 is 0 Å². The molecule has 3 heterocycles. The quantitative estimate of drug-likeness (QED) is 0.519. The molecule has 1 amide bonds. The maximum absolute atomic E-state index is 13.0. The molecular weight excluding hydrogens is 496 g/mol. The number of hydrogen-bond donors (Lipinski definition) is 2. The van der Waals surface area contributed by atoms with Gasteiger partial charge in [0, 0.05) is 49.1 Å². The van der Waals surface area contributed by atoms with Gasteiger partial charge in [0.05, 0.1) is 7.11 Å². The Morgan fingerprint density at radius 3 is 2.70 bits per heavy atom. The van der Waals surface area contributed by atoms with Crippen LogP contribution in [0.2, 0.25) is 5.02 Å². The van der Waals surface area contributed by atoms with Crippen LogP contribution in [-0.4, -0.2) is 48.9 Å². The van der Waals surface area contributed by atoms with Gasteiger partial charge in [0.25, 0.3) is 0 Å². The number of ether oxygens (including phenoxy) is 4. The molecule has 0 saturated carbocycles. The Kier molecular flexibility index (Phi) is 6.22. The van der Waals surface area contributed by atoms with Gasteiger partial charge in [0.1, 0.15) is 0 Å². The molecule has 192 valence electrons. The number of phenolic OH excluding ortho intramolecular Hbond substituents is 1. The molecule has 6 rings (SSSR count). The summed E-state index contributed by atoms with van der Waals surface area (Å²) in [6, 6.07) is 14.6. The van der Waals surface area contributed by atoms with E-state index in [1.165, 1.54) is 0 Å². The fourth-order valence-electron chi connectivity index (χ4n) is 5.27. The molecule has 2 N–H and O–H groups in total. The van der Waals surface area contributed by atoms with Gasteiger partial charge < -0.3 is 29.4 Å². The van der Waals surface area contributed by atoms with Gasteiger partial charge in [0.15, 0.2) is 34.5 Å². The van der Waals surface area contributed by atoms with E-state index in [1.54, 1.807) is 31.4 Å². The fraction of sp³-hybridized carbons (Fsp3) is 0.321. The predicted octanol–water partition coefficient (Wildman–Crippen LogP) is 4.61. The van der Waals surface area contributed by atoms with Crippen molar-refractivity contribution in [2.45, 2.75) is 31.3 Å². The first-order valence-electron chi connectivity index (χ1n) is 12.2. The number of hydrogen-bond acceptors (Lipinski definition) is 7. The highest BCUT2D eigenvalue weighted by molar-refractivity contribution is 6.31. The number of rotatable bonds is 3. The highest BCUT2D eigenvalue weighted by Crippen LogP contribution is 2.41. The van der Waals surface area contributed by atoms with Crippen LogP contribution < -0.4 is 24.3 Å². The number of carbonyl (C=O) groups is 1. The first-order valence-corrected chi connectivity index (χ1v) is 12.6. The number of phenols is 1. The maximum atomic E-state index is 13.0. The SMILES string of the molecule is COc1ccc2cc1Oc1cc(ccc1O)CCC(=O)N[C@@H]1CN(Cc3cc4c(cc3Cl)OCO4)C[C@@H]21. The predicted molar refractivity (Wildman–Crippen MR) is 137 cm³/mol. The number of nitrogens with zero attached hydrogens (tertiary/aromatic N) is 1. The molecule has 9 heteroatoms. The van der Waals surface area contributed by atoms with Crippen molar-refractivity contribution in [2.24, 2.45) is 0 Å². The van der Waals surface area contributed by atoms with Crippen molar-refractivity contribution in [2.75, 3.05) is 27.0 Å². The van der Waals surface area contributed by atoms with Gasteiger partial charge in [-0.15, -0.1) is 0 Å². The topological polar surface area (TPSA) is 89.5 Å². The van der Waals surface area contributed by atoms with E-state index in [4.69, 9.17) is 30.5 Å². The molecule has 0 unspecified atom stereocenters. The van der Waals surface area contributed by atoms with E-state index in [0.717, 1.165) is 16.7 Å². The number of amides is 1. The summed E-state index contributed by atoms with van der Waals surface area (Å²) in [5.74, 6) is 2.78. The molecule has 8 nitrogen and oxygen atoms in total. The summed E-state index contributed by atoms with van der Waals surface area (Å²) >= 11 is 6.56. The summed E-state index contributed by atoms with van der Waals surface area (Å²) in [5, 5.41) is 14.3. The van der Waals surface area contributed by atoms with Crippen molar-refractivity contribution < 1.29 is 28.8 Å². The molecular formula is C28H27ClN2O6. The van der Waals surface area contributed by atoms with E-state index >= 15 is 0 Å². The van der Waals surface area contributed by atoms with Crippen LogP contribution in [0.25, 0.3) is 0 Å². The number of benzene rings is 3.